The van der Waals surface area contributed by atoms with E-state index in [2.05, 4.69) is 15.9 Å². The standard InChI is InChI=1S/C16H12BrFO3/c17-13-6-7-15(11(9-13)5-8-16(19)20)21-10-12-3-1-2-4-14(12)18/h1-9H,10H2,(H,19,20). The van der Waals surface area contributed by atoms with Gasteiger partial charge in [0.15, 0.2) is 0 Å². The third kappa shape index (κ3) is 4.43. The molecule has 0 fully saturated rings. The molecule has 0 aliphatic heterocycles. The number of ether oxygens (including phenoxy) is 1. The Morgan fingerprint density at radius 3 is 2.76 bits per heavy atom. The van der Waals surface area contributed by atoms with Gasteiger partial charge in [-0.3, -0.25) is 0 Å². The molecule has 21 heavy (non-hydrogen) atoms. The summed E-state index contributed by atoms with van der Waals surface area (Å²) in [7, 11) is 0. The lowest BCUT2D eigenvalue weighted by Crippen LogP contribution is -1.99. The van der Waals surface area contributed by atoms with E-state index in [9.17, 15) is 9.18 Å². The van der Waals surface area contributed by atoms with Gasteiger partial charge in [0.05, 0.1) is 0 Å². The molecule has 0 aromatic heterocycles. The monoisotopic (exact) mass is 350 g/mol. The highest BCUT2D eigenvalue weighted by molar-refractivity contribution is 9.10. The van der Waals surface area contributed by atoms with E-state index >= 15 is 0 Å². The molecule has 0 spiro atoms. The Hall–Kier alpha value is -2.14. The first-order valence-electron chi connectivity index (χ1n) is 6.13. The van der Waals surface area contributed by atoms with Crippen molar-refractivity contribution in [2.45, 2.75) is 6.61 Å². The van der Waals surface area contributed by atoms with Crippen LogP contribution in [0.4, 0.5) is 4.39 Å². The average Bonchev–Trinajstić information content (AvgIpc) is 2.45. The molecule has 1 N–H and O–H groups in total. The molecule has 3 nitrogen and oxygen atoms in total. The number of hydrogen-bond acceptors (Lipinski definition) is 2. The first-order chi connectivity index (χ1) is 10.1. The van der Waals surface area contributed by atoms with Gasteiger partial charge in [-0.25, -0.2) is 9.18 Å². The van der Waals surface area contributed by atoms with E-state index in [0.29, 0.717) is 16.9 Å². The maximum absolute atomic E-state index is 13.5. The van der Waals surface area contributed by atoms with Crippen LogP contribution >= 0.6 is 15.9 Å². The number of hydrogen-bond donors (Lipinski definition) is 1. The first-order valence-corrected chi connectivity index (χ1v) is 6.92. The van der Waals surface area contributed by atoms with Crippen LogP contribution in [0.2, 0.25) is 0 Å². The van der Waals surface area contributed by atoms with Gasteiger partial charge in [-0.05, 0) is 30.3 Å². The maximum atomic E-state index is 13.5. The number of halogens is 2. The van der Waals surface area contributed by atoms with E-state index in [1.54, 1.807) is 36.4 Å². The zero-order valence-corrected chi connectivity index (χ0v) is 12.5. The van der Waals surface area contributed by atoms with Crippen molar-refractivity contribution >= 4 is 28.0 Å². The minimum Gasteiger partial charge on any atom is -0.488 e. The zero-order chi connectivity index (χ0) is 15.2. The lowest BCUT2D eigenvalue weighted by Gasteiger charge is -2.10. The van der Waals surface area contributed by atoms with Crippen LogP contribution in [0.15, 0.2) is 53.0 Å². The van der Waals surface area contributed by atoms with Crippen LogP contribution < -0.4 is 4.74 Å². The topological polar surface area (TPSA) is 46.5 Å². The highest BCUT2D eigenvalue weighted by atomic mass is 79.9. The Balaban J connectivity index is 2.20. The highest BCUT2D eigenvalue weighted by Gasteiger charge is 2.06. The van der Waals surface area contributed by atoms with Crippen molar-refractivity contribution in [3.8, 4) is 5.75 Å². The molecule has 0 saturated carbocycles. The van der Waals surface area contributed by atoms with Crippen LogP contribution in [0.25, 0.3) is 6.08 Å². The largest absolute Gasteiger partial charge is 0.488 e. The normalized spacial score (nSPS) is 10.8. The molecule has 108 valence electrons. The summed E-state index contributed by atoms with van der Waals surface area (Å²) in [6.07, 6.45) is 2.46. The van der Waals surface area contributed by atoms with Crippen molar-refractivity contribution in [1.29, 1.82) is 0 Å². The molecule has 2 aromatic rings. The molecule has 0 amide bonds. The number of rotatable bonds is 5. The lowest BCUT2D eigenvalue weighted by molar-refractivity contribution is -0.131. The SMILES string of the molecule is O=C(O)C=Cc1cc(Br)ccc1OCc1ccccc1F. The number of aliphatic carboxylic acids is 1. The second-order valence-electron chi connectivity index (χ2n) is 4.23. The summed E-state index contributed by atoms with van der Waals surface area (Å²) in [6, 6.07) is 11.6. The van der Waals surface area contributed by atoms with Crippen LogP contribution in [0.1, 0.15) is 11.1 Å². The quantitative estimate of drug-likeness (QED) is 0.819. The predicted molar refractivity (Wildman–Crippen MR) is 81.5 cm³/mol. The molecular weight excluding hydrogens is 339 g/mol. The van der Waals surface area contributed by atoms with Crippen LogP contribution in [-0.2, 0) is 11.4 Å². The summed E-state index contributed by atoms with van der Waals surface area (Å²) in [6.45, 7) is 0.0716. The molecule has 0 heterocycles. The Morgan fingerprint density at radius 1 is 1.29 bits per heavy atom. The van der Waals surface area contributed by atoms with Crippen LogP contribution in [-0.4, -0.2) is 11.1 Å². The van der Waals surface area contributed by atoms with Crippen molar-refractivity contribution in [3.05, 3.63) is 70.0 Å². The van der Waals surface area contributed by atoms with E-state index in [-0.39, 0.29) is 12.4 Å². The molecule has 0 radical (unpaired) electrons. The Kier molecular flexibility index (Phi) is 5.11. The lowest BCUT2D eigenvalue weighted by atomic mass is 10.2. The third-order valence-electron chi connectivity index (χ3n) is 2.72. The molecule has 0 saturated heterocycles. The highest BCUT2D eigenvalue weighted by Crippen LogP contribution is 2.25. The average molecular weight is 351 g/mol. The summed E-state index contributed by atoms with van der Waals surface area (Å²) in [5.74, 6) is -0.897. The number of benzene rings is 2. The zero-order valence-electron chi connectivity index (χ0n) is 10.9. The summed E-state index contributed by atoms with van der Waals surface area (Å²) in [4.78, 5) is 10.6. The van der Waals surface area contributed by atoms with Gasteiger partial charge >= 0.3 is 5.97 Å². The maximum Gasteiger partial charge on any atom is 0.328 e. The minimum absolute atomic E-state index is 0.0716. The molecule has 5 heteroatoms. The van der Waals surface area contributed by atoms with Crippen LogP contribution in [0.3, 0.4) is 0 Å². The van der Waals surface area contributed by atoms with Gasteiger partial charge in [0.1, 0.15) is 18.2 Å². The third-order valence-corrected chi connectivity index (χ3v) is 3.21. The van der Waals surface area contributed by atoms with Gasteiger partial charge in [0.2, 0.25) is 0 Å². The number of carbonyl (C=O) groups is 1. The summed E-state index contributed by atoms with van der Waals surface area (Å²) in [5, 5.41) is 8.69. The minimum atomic E-state index is -1.05. The summed E-state index contributed by atoms with van der Waals surface area (Å²) >= 11 is 3.31. The van der Waals surface area contributed by atoms with Gasteiger partial charge in [0, 0.05) is 21.7 Å². The van der Waals surface area contributed by atoms with E-state index < -0.39 is 5.97 Å². The van der Waals surface area contributed by atoms with Gasteiger partial charge in [-0.15, -0.1) is 0 Å². The van der Waals surface area contributed by atoms with Crippen molar-refractivity contribution in [2.75, 3.05) is 0 Å². The molecule has 0 unspecified atom stereocenters. The first kappa shape index (κ1) is 15.3. The Bertz CT molecular complexity index is 683. The van der Waals surface area contributed by atoms with Crippen molar-refractivity contribution in [1.82, 2.24) is 0 Å². The molecule has 2 aromatic carbocycles. The van der Waals surface area contributed by atoms with E-state index in [4.69, 9.17) is 9.84 Å². The van der Waals surface area contributed by atoms with Gasteiger partial charge in [0.25, 0.3) is 0 Å². The molecule has 0 aliphatic carbocycles. The molecule has 0 atom stereocenters. The Labute approximate surface area is 129 Å². The molecule has 0 aliphatic rings. The van der Waals surface area contributed by atoms with Gasteiger partial charge in [-0.1, -0.05) is 34.1 Å². The molecule has 0 bridgehead atoms. The smallest absolute Gasteiger partial charge is 0.328 e. The molecular formula is C16H12BrFO3. The molecule has 2 rings (SSSR count). The fraction of sp³-hybridized carbons (Fsp3) is 0.0625. The van der Waals surface area contributed by atoms with Gasteiger partial charge < -0.3 is 9.84 Å². The fourth-order valence-electron chi connectivity index (χ4n) is 1.71. The van der Waals surface area contributed by atoms with E-state index in [1.165, 1.54) is 12.1 Å². The van der Waals surface area contributed by atoms with E-state index in [0.717, 1.165) is 10.5 Å². The van der Waals surface area contributed by atoms with Crippen molar-refractivity contribution in [2.24, 2.45) is 0 Å². The number of carboxylic acids is 1. The van der Waals surface area contributed by atoms with Crippen LogP contribution in [0.5, 0.6) is 5.75 Å². The number of carboxylic acid groups (broad SMARTS) is 1. The van der Waals surface area contributed by atoms with Gasteiger partial charge in [-0.2, -0.15) is 0 Å². The Morgan fingerprint density at radius 2 is 2.05 bits per heavy atom. The predicted octanol–water partition coefficient (Wildman–Crippen LogP) is 4.27. The van der Waals surface area contributed by atoms with Crippen molar-refractivity contribution in [3.63, 3.8) is 0 Å². The van der Waals surface area contributed by atoms with Crippen molar-refractivity contribution < 1.29 is 19.0 Å². The summed E-state index contributed by atoms with van der Waals surface area (Å²) in [5.41, 5.74) is 1.04. The fourth-order valence-corrected chi connectivity index (χ4v) is 2.09. The second-order valence-corrected chi connectivity index (χ2v) is 5.15. The second kappa shape index (κ2) is 7.04. The van der Waals surface area contributed by atoms with Crippen LogP contribution in [0, 0.1) is 5.82 Å². The summed E-state index contributed by atoms with van der Waals surface area (Å²) < 4.78 is 19.9. The van der Waals surface area contributed by atoms with E-state index in [1.807, 2.05) is 0 Å².